The summed E-state index contributed by atoms with van der Waals surface area (Å²) < 4.78 is 0. The van der Waals surface area contributed by atoms with Crippen LogP contribution in [0.1, 0.15) is 24.3 Å². The highest BCUT2D eigenvalue weighted by Crippen LogP contribution is 2.09. The van der Waals surface area contributed by atoms with Gasteiger partial charge in [0, 0.05) is 12.6 Å². The first-order chi connectivity index (χ1) is 9.11. The number of para-hydroxylation sites is 2. The highest BCUT2D eigenvalue weighted by molar-refractivity contribution is 5.93. The van der Waals surface area contributed by atoms with Crippen LogP contribution in [0.4, 0.5) is 0 Å². The molecule has 2 aromatic rings. The number of carbonyl (C=O) groups is 1. The molecular formula is C14H17N3O2. The van der Waals surface area contributed by atoms with E-state index in [1.807, 2.05) is 38.1 Å². The van der Waals surface area contributed by atoms with Gasteiger partial charge in [0.1, 0.15) is 5.69 Å². The molecule has 2 atom stereocenters. The molecule has 2 N–H and O–H groups in total. The van der Waals surface area contributed by atoms with Crippen LogP contribution in [-0.4, -0.2) is 33.6 Å². The third-order valence-electron chi connectivity index (χ3n) is 3.18. The molecule has 100 valence electrons. The highest BCUT2D eigenvalue weighted by atomic mass is 16.3. The van der Waals surface area contributed by atoms with Crippen LogP contribution in [0.3, 0.4) is 0 Å². The molecule has 1 amide bonds. The lowest BCUT2D eigenvalue weighted by atomic mass is 10.1. The predicted octanol–water partition coefficient (Wildman–Crippen LogP) is 1.38. The number of aliphatic hydroxyl groups is 1. The molecule has 0 fully saturated rings. The molecule has 0 aliphatic rings. The molecule has 0 bridgehead atoms. The monoisotopic (exact) mass is 259 g/mol. The van der Waals surface area contributed by atoms with Gasteiger partial charge in [-0.05, 0) is 25.0 Å². The molecule has 2 rings (SSSR count). The highest BCUT2D eigenvalue weighted by Gasteiger charge is 2.16. The van der Waals surface area contributed by atoms with Crippen LogP contribution >= 0.6 is 0 Å². The van der Waals surface area contributed by atoms with Crippen molar-refractivity contribution in [3.8, 4) is 0 Å². The van der Waals surface area contributed by atoms with Crippen LogP contribution in [0, 0.1) is 5.92 Å². The molecule has 0 aliphatic heterocycles. The van der Waals surface area contributed by atoms with Gasteiger partial charge in [-0.25, -0.2) is 4.98 Å². The van der Waals surface area contributed by atoms with Crippen molar-refractivity contribution >= 4 is 16.9 Å². The van der Waals surface area contributed by atoms with E-state index >= 15 is 0 Å². The summed E-state index contributed by atoms with van der Waals surface area (Å²) in [5.74, 6) is -0.275. The summed E-state index contributed by atoms with van der Waals surface area (Å²) in [5, 5.41) is 11.9. The fourth-order valence-electron chi connectivity index (χ4n) is 1.65. The Morgan fingerprint density at radius 3 is 2.68 bits per heavy atom. The first-order valence-corrected chi connectivity index (χ1v) is 6.25. The van der Waals surface area contributed by atoms with Gasteiger partial charge in [-0.15, -0.1) is 0 Å². The van der Waals surface area contributed by atoms with Crippen LogP contribution in [0.5, 0.6) is 0 Å². The molecule has 0 saturated heterocycles. The second-order valence-corrected chi connectivity index (χ2v) is 4.67. The molecule has 1 aromatic heterocycles. The van der Waals surface area contributed by atoms with Crippen molar-refractivity contribution in [3.05, 3.63) is 36.2 Å². The number of nitrogens with one attached hydrogen (secondary N) is 1. The van der Waals surface area contributed by atoms with E-state index in [1.165, 1.54) is 6.20 Å². The Balaban J connectivity index is 2.17. The van der Waals surface area contributed by atoms with Crippen molar-refractivity contribution in [1.82, 2.24) is 15.3 Å². The lowest BCUT2D eigenvalue weighted by Gasteiger charge is -2.18. The first-order valence-electron chi connectivity index (χ1n) is 6.25. The Hall–Kier alpha value is -2.01. The van der Waals surface area contributed by atoms with E-state index in [1.54, 1.807) is 0 Å². The van der Waals surface area contributed by atoms with Gasteiger partial charge in [-0.2, -0.15) is 0 Å². The Morgan fingerprint density at radius 2 is 2.00 bits per heavy atom. The summed E-state index contributed by atoms with van der Waals surface area (Å²) in [6.45, 7) is 3.76. The minimum absolute atomic E-state index is 0.00244. The SMILES string of the molecule is CC(CO)C(C)NC(=O)c1cnc2ccccc2n1. The molecule has 0 radical (unpaired) electrons. The Morgan fingerprint density at radius 1 is 1.32 bits per heavy atom. The third-order valence-corrected chi connectivity index (χ3v) is 3.18. The van der Waals surface area contributed by atoms with Gasteiger partial charge in [-0.1, -0.05) is 19.1 Å². The van der Waals surface area contributed by atoms with Crippen LogP contribution < -0.4 is 5.32 Å². The van der Waals surface area contributed by atoms with Crippen molar-refractivity contribution in [2.45, 2.75) is 19.9 Å². The lowest BCUT2D eigenvalue weighted by molar-refractivity contribution is 0.0911. The van der Waals surface area contributed by atoms with Crippen molar-refractivity contribution in [3.63, 3.8) is 0 Å². The largest absolute Gasteiger partial charge is 0.396 e. The van der Waals surface area contributed by atoms with Gasteiger partial charge >= 0.3 is 0 Å². The van der Waals surface area contributed by atoms with E-state index in [-0.39, 0.29) is 30.2 Å². The summed E-state index contributed by atoms with van der Waals surface area (Å²) in [5.41, 5.74) is 1.74. The topological polar surface area (TPSA) is 75.1 Å². The zero-order valence-electron chi connectivity index (χ0n) is 11.0. The molecular weight excluding hydrogens is 242 g/mol. The number of benzene rings is 1. The maximum Gasteiger partial charge on any atom is 0.271 e. The van der Waals surface area contributed by atoms with Crippen LogP contribution in [0.15, 0.2) is 30.5 Å². The smallest absolute Gasteiger partial charge is 0.271 e. The van der Waals surface area contributed by atoms with Crippen molar-refractivity contribution in [1.29, 1.82) is 0 Å². The molecule has 1 aromatic carbocycles. The standard InChI is InChI=1S/C14H17N3O2/c1-9(8-18)10(2)16-14(19)13-7-15-11-5-3-4-6-12(11)17-13/h3-7,9-10,18H,8H2,1-2H3,(H,16,19). The third kappa shape index (κ3) is 3.06. The lowest BCUT2D eigenvalue weighted by Crippen LogP contribution is -2.38. The number of rotatable bonds is 4. The molecule has 5 nitrogen and oxygen atoms in total. The van der Waals surface area contributed by atoms with Crippen LogP contribution in [-0.2, 0) is 0 Å². The molecule has 0 aliphatic carbocycles. The number of amides is 1. The number of aromatic nitrogens is 2. The maximum atomic E-state index is 12.0. The fourth-order valence-corrected chi connectivity index (χ4v) is 1.65. The summed E-state index contributed by atoms with van der Waals surface area (Å²) in [4.78, 5) is 20.5. The van der Waals surface area contributed by atoms with Crippen molar-refractivity contribution in [2.75, 3.05) is 6.61 Å². The van der Waals surface area contributed by atoms with E-state index in [2.05, 4.69) is 15.3 Å². The second-order valence-electron chi connectivity index (χ2n) is 4.67. The Kier molecular flexibility index (Phi) is 4.06. The predicted molar refractivity (Wildman–Crippen MR) is 72.7 cm³/mol. The fraction of sp³-hybridized carbons (Fsp3) is 0.357. The number of fused-ring (bicyclic) bond motifs is 1. The number of nitrogens with zero attached hydrogens (tertiary/aromatic N) is 2. The first kappa shape index (κ1) is 13.4. The molecule has 1 heterocycles. The summed E-state index contributed by atoms with van der Waals surface area (Å²) >= 11 is 0. The normalized spacial score (nSPS) is 14.1. The Labute approximate surface area is 111 Å². The van der Waals surface area contributed by atoms with Crippen molar-refractivity contribution in [2.24, 2.45) is 5.92 Å². The van der Waals surface area contributed by atoms with Gasteiger partial charge in [0.2, 0.25) is 0 Å². The van der Waals surface area contributed by atoms with Gasteiger partial charge in [0.15, 0.2) is 0 Å². The van der Waals surface area contributed by atoms with Crippen LogP contribution in [0.2, 0.25) is 0 Å². The van der Waals surface area contributed by atoms with E-state index in [0.717, 1.165) is 5.52 Å². The van der Waals surface area contributed by atoms with Gasteiger partial charge in [0.05, 0.1) is 17.2 Å². The van der Waals surface area contributed by atoms with Gasteiger partial charge < -0.3 is 10.4 Å². The number of hydrogen-bond acceptors (Lipinski definition) is 4. The molecule has 0 saturated carbocycles. The zero-order valence-corrected chi connectivity index (χ0v) is 11.0. The van der Waals surface area contributed by atoms with Gasteiger partial charge in [-0.3, -0.25) is 9.78 Å². The van der Waals surface area contributed by atoms with E-state index in [9.17, 15) is 4.79 Å². The van der Waals surface area contributed by atoms with E-state index < -0.39 is 0 Å². The number of aliphatic hydroxyl groups excluding tert-OH is 1. The summed E-state index contributed by atoms with van der Waals surface area (Å²) in [7, 11) is 0. The zero-order chi connectivity index (χ0) is 13.8. The van der Waals surface area contributed by atoms with Crippen LogP contribution in [0.25, 0.3) is 11.0 Å². The minimum Gasteiger partial charge on any atom is -0.396 e. The second kappa shape index (κ2) is 5.75. The molecule has 19 heavy (non-hydrogen) atoms. The molecule has 5 heteroatoms. The van der Waals surface area contributed by atoms with E-state index in [4.69, 9.17) is 5.11 Å². The number of carbonyl (C=O) groups excluding carboxylic acids is 1. The maximum absolute atomic E-state index is 12.0. The average Bonchev–Trinajstić information content (AvgIpc) is 2.45. The van der Waals surface area contributed by atoms with Gasteiger partial charge in [0.25, 0.3) is 5.91 Å². The average molecular weight is 259 g/mol. The minimum atomic E-state index is -0.272. The summed E-state index contributed by atoms with van der Waals surface area (Å²) in [6, 6.07) is 7.28. The Bertz CT molecular complexity index is 586. The summed E-state index contributed by atoms with van der Waals surface area (Å²) in [6.07, 6.45) is 1.47. The molecule has 2 unspecified atom stereocenters. The van der Waals surface area contributed by atoms with E-state index in [0.29, 0.717) is 5.52 Å². The number of hydrogen-bond donors (Lipinski definition) is 2. The quantitative estimate of drug-likeness (QED) is 0.869. The van der Waals surface area contributed by atoms with Crippen molar-refractivity contribution < 1.29 is 9.90 Å². The molecule has 0 spiro atoms.